The van der Waals surface area contributed by atoms with Gasteiger partial charge in [-0.1, -0.05) is 41.3 Å². The average molecular weight is 494 g/mol. The molecule has 172 valence electrons. The summed E-state index contributed by atoms with van der Waals surface area (Å²) in [6, 6.07) is 11.0. The molecule has 0 bridgehead atoms. The van der Waals surface area contributed by atoms with E-state index in [0.29, 0.717) is 27.6 Å². The van der Waals surface area contributed by atoms with Gasteiger partial charge in [0.05, 0.1) is 15.7 Å². The molecule has 2 N–H and O–H groups in total. The Labute approximate surface area is 207 Å². The van der Waals surface area contributed by atoms with Crippen LogP contribution in [0.5, 0.6) is 5.88 Å². The maximum atomic E-state index is 13.1. The van der Waals surface area contributed by atoms with Gasteiger partial charge in [0.1, 0.15) is 5.56 Å². The molecule has 1 fully saturated rings. The van der Waals surface area contributed by atoms with Crippen molar-refractivity contribution in [2.75, 3.05) is 30.0 Å². The lowest BCUT2D eigenvalue weighted by molar-refractivity contribution is 0.0932. The van der Waals surface area contributed by atoms with E-state index in [-0.39, 0.29) is 24.1 Å². The number of benzene rings is 2. The van der Waals surface area contributed by atoms with Gasteiger partial charge in [-0.25, -0.2) is 4.98 Å². The van der Waals surface area contributed by atoms with Crippen LogP contribution in [0.25, 0.3) is 0 Å². The summed E-state index contributed by atoms with van der Waals surface area (Å²) in [5.74, 6) is 3.40. The fraction of sp³-hybridized carbons (Fsp3) is 0.240. The maximum Gasteiger partial charge on any atom is 0.268 e. The molecule has 0 radical (unpaired) electrons. The number of anilines is 3. The van der Waals surface area contributed by atoms with Crippen molar-refractivity contribution >= 4 is 46.4 Å². The van der Waals surface area contributed by atoms with Crippen molar-refractivity contribution in [1.82, 2.24) is 15.3 Å². The van der Waals surface area contributed by atoms with Crippen LogP contribution in [0.3, 0.4) is 0 Å². The van der Waals surface area contributed by atoms with Crippen molar-refractivity contribution in [3.05, 3.63) is 69.3 Å². The monoisotopic (exact) mass is 493 g/mol. The first-order valence-electron chi connectivity index (χ1n) is 10.9. The Morgan fingerprint density at radius 1 is 1.18 bits per heavy atom. The molecule has 1 saturated heterocycles. The number of para-hydroxylation sites is 1. The summed E-state index contributed by atoms with van der Waals surface area (Å²) in [4.78, 5) is 23.1. The van der Waals surface area contributed by atoms with Crippen molar-refractivity contribution < 1.29 is 9.53 Å². The van der Waals surface area contributed by atoms with E-state index in [1.165, 1.54) is 16.7 Å². The normalized spacial score (nSPS) is 15.9. The molecule has 0 saturated carbocycles. The third-order valence-electron chi connectivity index (χ3n) is 6.01. The summed E-state index contributed by atoms with van der Waals surface area (Å²) in [7, 11) is 0. The van der Waals surface area contributed by atoms with Gasteiger partial charge >= 0.3 is 0 Å². The summed E-state index contributed by atoms with van der Waals surface area (Å²) in [6.45, 7) is 1.92. The lowest BCUT2D eigenvalue weighted by atomic mass is 9.87. The molecule has 9 heteroatoms. The summed E-state index contributed by atoms with van der Waals surface area (Å²) < 4.78 is 5.75. The zero-order valence-electron chi connectivity index (χ0n) is 18.1. The van der Waals surface area contributed by atoms with E-state index < -0.39 is 0 Å². The summed E-state index contributed by atoms with van der Waals surface area (Å²) in [5.41, 5.74) is 3.41. The van der Waals surface area contributed by atoms with Crippen LogP contribution in [-0.4, -0.2) is 35.7 Å². The number of nitrogens with zero attached hydrogens (tertiary/aromatic N) is 3. The van der Waals surface area contributed by atoms with Gasteiger partial charge < -0.3 is 15.4 Å². The smallest absolute Gasteiger partial charge is 0.268 e. The molecule has 0 atom stereocenters. The first kappa shape index (κ1) is 22.5. The summed E-state index contributed by atoms with van der Waals surface area (Å²) in [5, 5.41) is 7.24. The van der Waals surface area contributed by atoms with Gasteiger partial charge in [-0.3, -0.25) is 9.69 Å². The average Bonchev–Trinajstić information content (AvgIpc) is 2.85. The zero-order valence-corrected chi connectivity index (χ0v) is 19.7. The predicted octanol–water partition coefficient (Wildman–Crippen LogP) is 4.97. The minimum absolute atomic E-state index is 0.0715. The molecule has 1 aromatic heterocycles. The van der Waals surface area contributed by atoms with Gasteiger partial charge in [-0.15, -0.1) is 6.42 Å². The Bertz CT molecular complexity index is 1280. The van der Waals surface area contributed by atoms with Gasteiger partial charge in [-0.2, -0.15) is 4.98 Å². The number of carbonyl (C=O) groups excluding carboxylic acids is 1. The van der Waals surface area contributed by atoms with Crippen molar-refractivity contribution in [3.8, 4) is 18.2 Å². The quantitative estimate of drug-likeness (QED) is 0.499. The van der Waals surface area contributed by atoms with Crippen LogP contribution in [0.15, 0.2) is 42.6 Å². The third kappa shape index (κ3) is 4.28. The highest BCUT2D eigenvalue weighted by molar-refractivity contribution is 6.40. The van der Waals surface area contributed by atoms with E-state index >= 15 is 0 Å². The SMILES string of the molecule is C#Cc1cc(Nc2ncc3c(n2)OCN(c2c(Cl)cccc2Cl)C3=O)ccc1C1CCNCC1. The van der Waals surface area contributed by atoms with Crippen LogP contribution in [0.1, 0.15) is 40.2 Å². The van der Waals surface area contributed by atoms with Gasteiger partial charge in [-0.05, 0) is 61.7 Å². The molecule has 5 rings (SSSR count). The number of rotatable bonds is 4. The number of hydrogen-bond donors (Lipinski definition) is 2. The van der Waals surface area contributed by atoms with Crippen molar-refractivity contribution in [2.45, 2.75) is 18.8 Å². The topological polar surface area (TPSA) is 79.4 Å². The van der Waals surface area contributed by atoms with E-state index in [0.717, 1.165) is 37.2 Å². The number of aromatic nitrogens is 2. The molecule has 1 amide bonds. The van der Waals surface area contributed by atoms with E-state index in [2.05, 4.69) is 32.6 Å². The molecular formula is C25H21Cl2N5O2. The fourth-order valence-electron chi connectivity index (χ4n) is 4.30. The second kappa shape index (κ2) is 9.51. The second-order valence-electron chi connectivity index (χ2n) is 8.08. The molecule has 2 aliphatic rings. The molecule has 7 nitrogen and oxygen atoms in total. The Morgan fingerprint density at radius 2 is 1.94 bits per heavy atom. The van der Waals surface area contributed by atoms with Crippen LogP contribution < -0.4 is 20.3 Å². The Hall–Kier alpha value is -3.31. The first-order chi connectivity index (χ1) is 16.5. The number of amides is 1. The number of carbonyl (C=O) groups is 1. The number of piperidine rings is 1. The molecule has 3 heterocycles. The number of fused-ring (bicyclic) bond motifs is 1. The molecule has 34 heavy (non-hydrogen) atoms. The summed E-state index contributed by atoms with van der Waals surface area (Å²) in [6.07, 6.45) is 9.36. The van der Waals surface area contributed by atoms with E-state index in [9.17, 15) is 4.79 Å². The highest BCUT2D eigenvalue weighted by Crippen LogP contribution is 2.37. The van der Waals surface area contributed by atoms with Gasteiger partial charge in [0.2, 0.25) is 11.8 Å². The molecule has 2 aliphatic heterocycles. The molecule has 3 aromatic rings. The van der Waals surface area contributed by atoms with Crippen molar-refractivity contribution in [1.29, 1.82) is 0 Å². The highest BCUT2D eigenvalue weighted by Gasteiger charge is 2.31. The van der Waals surface area contributed by atoms with Crippen molar-refractivity contribution in [3.63, 3.8) is 0 Å². The Balaban J connectivity index is 1.37. The summed E-state index contributed by atoms with van der Waals surface area (Å²) >= 11 is 12.5. The third-order valence-corrected chi connectivity index (χ3v) is 6.62. The van der Waals surface area contributed by atoms with Crippen molar-refractivity contribution in [2.24, 2.45) is 0 Å². The molecule has 2 aromatic carbocycles. The standard InChI is InChI=1S/C25H21Cl2N5O2/c1-2-15-12-17(6-7-18(15)16-8-10-28-11-9-16)30-25-29-13-19-23(31-25)34-14-32(24(19)33)22-20(26)4-3-5-21(22)27/h1,3-7,12-13,16,28H,8-11,14H2,(H,29,30,31). The van der Waals surface area contributed by atoms with Gasteiger partial charge in [0.25, 0.3) is 5.91 Å². The Kier molecular flexibility index (Phi) is 6.29. The van der Waals surface area contributed by atoms with E-state index in [1.807, 2.05) is 12.1 Å². The van der Waals surface area contributed by atoms with E-state index in [4.69, 9.17) is 34.4 Å². The van der Waals surface area contributed by atoms with Crippen LogP contribution in [-0.2, 0) is 0 Å². The number of terminal acetylenes is 1. The lowest BCUT2D eigenvalue weighted by Gasteiger charge is -2.29. The second-order valence-corrected chi connectivity index (χ2v) is 8.90. The Morgan fingerprint density at radius 3 is 2.68 bits per heavy atom. The van der Waals surface area contributed by atoms with Crippen LogP contribution in [0.4, 0.5) is 17.3 Å². The van der Waals surface area contributed by atoms with Gasteiger partial charge in [0, 0.05) is 17.4 Å². The maximum absolute atomic E-state index is 13.1. The molecule has 0 spiro atoms. The predicted molar refractivity (Wildman–Crippen MR) is 133 cm³/mol. The van der Waals surface area contributed by atoms with Gasteiger partial charge in [0.15, 0.2) is 6.73 Å². The number of hydrogen-bond acceptors (Lipinski definition) is 6. The minimum Gasteiger partial charge on any atom is -0.455 e. The first-order valence-corrected chi connectivity index (χ1v) is 11.6. The zero-order chi connectivity index (χ0) is 23.7. The fourth-order valence-corrected chi connectivity index (χ4v) is 4.90. The molecule has 0 unspecified atom stereocenters. The minimum atomic E-state index is -0.344. The molecular weight excluding hydrogens is 473 g/mol. The van der Waals surface area contributed by atoms with E-state index in [1.54, 1.807) is 18.2 Å². The van der Waals surface area contributed by atoms with Crippen LogP contribution in [0, 0.1) is 12.3 Å². The number of halogens is 2. The highest BCUT2D eigenvalue weighted by atomic mass is 35.5. The van der Waals surface area contributed by atoms with Crippen LogP contribution in [0.2, 0.25) is 10.0 Å². The molecule has 0 aliphatic carbocycles. The lowest BCUT2D eigenvalue weighted by Crippen LogP contribution is -2.39. The van der Waals surface area contributed by atoms with Crippen LogP contribution >= 0.6 is 23.2 Å². The largest absolute Gasteiger partial charge is 0.455 e. The number of ether oxygens (including phenoxy) is 1. The number of nitrogens with one attached hydrogen (secondary N) is 2.